The fourth-order valence-electron chi connectivity index (χ4n) is 1.21. The zero-order chi connectivity index (χ0) is 8.93. The van der Waals surface area contributed by atoms with E-state index >= 15 is 0 Å². The summed E-state index contributed by atoms with van der Waals surface area (Å²) in [4.78, 5) is 5.06. The zero-order valence-corrected chi connectivity index (χ0v) is 7.26. The van der Waals surface area contributed by atoms with Gasteiger partial charge in [-0.25, -0.2) is 0 Å². The third-order valence-electron chi connectivity index (χ3n) is 1.91. The molecule has 0 bridgehead atoms. The average Bonchev–Trinajstić information content (AvgIpc) is 2.69. The normalized spacial score (nSPS) is 20.8. The molecule has 1 unspecified atom stereocenters. The number of hydrogen-bond acceptors (Lipinski definition) is 2. The minimum atomic E-state index is 0.125. The first kappa shape index (κ1) is 8.05. The van der Waals surface area contributed by atoms with Crippen molar-refractivity contribution in [1.82, 2.24) is 0 Å². The van der Waals surface area contributed by atoms with Gasteiger partial charge in [0.1, 0.15) is 0 Å². The Labute approximate surface area is 77.5 Å². The summed E-state index contributed by atoms with van der Waals surface area (Å²) in [6.45, 7) is 0. The molecule has 1 aliphatic rings. The first-order chi connectivity index (χ1) is 6.45. The molecular formula is C11H11NO. The summed E-state index contributed by atoms with van der Waals surface area (Å²) < 4.78 is 0. The van der Waals surface area contributed by atoms with Gasteiger partial charge < -0.3 is 4.84 Å². The maximum absolute atomic E-state index is 5.06. The largest absolute Gasteiger partial charge is 0.388 e. The highest BCUT2D eigenvalue weighted by molar-refractivity contribution is 5.60. The van der Waals surface area contributed by atoms with Gasteiger partial charge in [-0.15, -0.1) is 0 Å². The van der Waals surface area contributed by atoms with Crippen LogP contribution in [0.25, 0.3) is 6.08 Å². The lowest BCUT2D eigenvalue weighted by atomic mass is 10.2. The highest BCUT2D eigenvalue weighted by atomic mass is 16.6. The van der Waals surface area contributed by atoms with E-state index < -0.39 is 0 Å². The molecule has 0 spiro atoms. The maximum Gasteiger partial charge on any atom is 0.151 e. The van der Waals surface area contributed by atoms with Crippen molar-refractivity contribution in [3.05, 3.63) is 42.0 Å². The van der Waals surface area contributed by atoms with Crippen molar-refractivity contribution in [2.24, 2.45) is 5.16 Å². The smallest absolute Gasteiger partial charge is 0.151 e. The molecule has 1 aromatic rings. The van der Waals surface area contributed by atoms with Crippen LogP contribution in [0.2, 0.25) is 0 Å². The van der Waals surface area contributed by atoms with Crippen LogP contribution in [0.3, 0.4) is 0 Å². The number of nitrogens with zero attached hydrogens (tertiary/aromatic N) is 1. The van der Waals surface area contributed by atoms with Crippen LogP contribution in [0.15, 0.2) is 41.6 Å². The van der Waals surface area contributed by atoms with E-state index in [4.69, 9.17) is 4.84 Å². The van der Waals surface area contributed by atoms with Crippen LogP contribution in [0.1, 0.15) is 12.0 Å². The lowest BCUT2D eigenvalue weighted by Gasteiger charge is -1.99. The van der Waals surface area contributed by atoms with Crippen molar-refractivity contribution in [2.45, 2.75) is 12.5 Å². The standard InChI is InChI=1S/C11H11NO/c1-2-4-10(5-3-1)6-7-11-8-9-12-13-11/h1-7,9,11H,8H2/b7-6+. The molecule has 2 rings (SSSR count). The molecule has 1 aliphatic heterocycles. The number of benzene rings is 1. The Morgan fingerprint density at radius 2 is 2.15 bits per heavy atom. The van der Waals surface area contributed by atoms with Gasteiger partial charge in [-0.2, -0.15) is 0 Å². The summed E-state index contributed by atoms with van der Waals surface area (Å²) in [5, 5.41) is 3.70. The predicted molar refractivity (Wildman–Crippen MR) is 53.5 cm³/mol. The lowest BCUT2D eigenvalue weighted by molar-refractivity contribution is 0.120. The fourth-order valence-corrected chi connectivity index (χ4v) is 1.21. The van der Waals surface area contributed by atoms with Crippen LogP contribution in [-0.4, -0.2) is 12.3 Å². The van der Waals surface area contributed by atoms with Crippen LogP contribution in [0.4, 0.5) is 0 Å². The van der Waals surface area contributed by atoms with Gasteiger partial charge >= 0.3 is 0 Å². The van der Waals surface area contributed by atoms with E-state index in [1.807, 2.05) is 24.3 Å². The van der Waals surface area contributed by atoms with Gasteiger partial charge in [-0.3, -0.25) is 0 Å². The van der Waals surface area contributed by atoms with Gasteiger partial charge in [-0.1, -0.05) is 41.6 Å². The van der Waals surface area contributed by atoms with Crippen LogP contribution in [0, 0.1) is 0 Å². The van der Waals surface area contributed by atoms with Crippen molar-refractivity contribution in [3.63, 3.8) is 0 Å². The SMILES string of the molecule is C1=NOC(/C=C/c2ccccc2)C1. The minimum Gasteiger partial charge on any atom is -0.388 e. The predicted octanol–water partition coefficient (Wildman–Crippen LogP) is 2.47. The molecule has 1 heterocycles. The first-order valence-electron chi connectivity index (χ1n) is 4.36. The third-order valence-corrected chi connectivity index (χ3v) is 1.91. The molecule has 0 fully saturated rings. The van der Waals surface area contributed by atoms with Crippen molar-refractivity contribution in [3.8, 4) is 0 Å². The van der Waals surface area contributed by atoms with Crippen LogP contribution in [-0.2, 0) is 4.84 Å². The molecule has 0 aliphatic carbocycles. The van der Waals surface area contributed by atoms with Gasteiger partial charge in [-0.05, 0) is 11.6 Å². The van der Waals surface area contributed by atoms with Gasteiger partial charge in [0, 0.05) is 12.6 Å². The monoisotopic (exact) mass is 173 g/mol. The van der Waals surface area contributed by atoms with Gasteiger partial charge in [0.25, 0.3) is 0 Å². The topological polar surface area (TPSA) is 21.6 Å². The minimum absolute atomic E-state index is 0.125. The highest BCUT2D eigenvalue weighted by Crippen LogP contribution is 2.09. The van der Waals surface area contributed by atoms with E-state index in [2.05, 4.69) is 23.4 Å². The Hall–Kier alpha value is -1.57. The molecule has 0 saturated heterocycles. The second-order valence-electron chi connectivity index (χ2n) is 2.94. The summed E-state index contributed by atoms with van der Waals surface area (Å²) in [5.41, 5.74) is 1.19. The van der Waals surface area contributed by atoms with Gasteiger partial charge in [0.2, 0.25) is 0 Å². The molecule has 66 valence electrons. The molecule has 2 heteroatoms. The van der Waals surface area contributed by atoms with E-state index in [-0.39, 0.29) is 6.10 Å². The molecule has 0 aromatic heterocycles. The quantitative estimate of drug-likeness (QED) is 0.673. The van der Waals surface area contributed by atoms with Crippen molar-refractivity contribution in [1.29, 1.82) is 0 Å². The summed E-state index contributed by atoms with van der Waals surface area (Å²) in [6, 6.07) is 10.2. The van der Waals surface area contributed by atoms with E-state index in [0.717, 1.165) is 6.42 Å². The van der Waals surface area contributed by atoms with Crippen LogP contribution < -0.4 is 0 Å². The summed E-state index contributed by atoms with van der Waals surface area (Å²) in [5.74, 6) is 0. The van der Waals surface area contributed by atoms with E-state index in [1.165, 1.54) is 5.56 Å². The molecule has 0 radical (unpaired) electrons. The second-order valence-corrected chi connectivity index (χ2v) is 2.94. The Morgan fingerprint density at radius 3 is 2.85 bits per heavy atom. The Balaban J connectivity index is 1.97. The zero-order valence-electron chi connectivity index (χ0n) is 7.26. The van der Waals surface area contributed by atoms with Crippen LogP contribution >= 0.6 is 0 Å². The lowest BCUT2D eigenvalue weighted by Crippen LogP contribution is -1.98. The van der Waals surface area contributed by atoms with Crippen molar-refractivity contribution in [2.75, 3.05) is 0 Å². The fraction of sp³-hybridized carbons (Fsp3) is 0.182. The van der Waals surface area contributed by atoms with Crippen molar-refractivity contribution < 1.29 is 4.84 Å². The maximum atomic E-state index is 5.06. The molecule has 2 nitrogen and oxygen atoms in total. The molecule has 0 amide bonds. The molecule has 13 heavy (non-hydrogen) atoms. The molecule has 1 aromatic carbocycles. The van der Waals surface area contributed by atoms with Crippen molar-refractivity contribution >= 4 is 12.3 Å². The summed E-state index contributed by atoms with van der Waals surface area (Å²) >= 11 is 0. The summed E-state index contributed by atoms with van der Waals surface area (Å²) in [7, 11) is 0. The number of rotatable bonds is 2. The Kier molecular flexibility index (Phi) is 2.41. The molecule has 1 atom stereocenters. The number of hydrogen-bond donors (Lipinski definition) is 0. The third kappa shape index (κ3) is 2.18. The summed E-state index contributed by atoms with van der Waals surface area (Å²) in [6.07, 6.45) is 6.88. The molecule has 0 saturated carbocycles. The van der Waals surface area contributed by atoms with Gasteiger partial charge in [0.05, 0.1) is 0 Å². The average molecular weight is 173 g/mol. The highest BCUT2D eigenvalue weighted by Gasteiger charge is 2.07. The van der Waals surface area contributed by atoms with E-state index in [0.29, 0.717) is 0 Å². The molecule has 0 N–H and O–H groups in total. The van der Waals surface area contributed by atoms with Gasteiger partial charge in [0.15, 0.2) is 6.10 Å². The Bertz CT molecular complexity index is 308. The first-order valence-corrected chi connectivity index (χ1v) is 4.36. The van der Waals surface area contributed by atoms with Crippen LogP contribution in [0.5, 0.6) is 0 Å². The van der Waals surface area contributed by atoms with E-state index in [1.54, 1.807) is 6.21 Å². The number of oxime groups is 1. The molecular weight excluding hydrogens is 162 g/mol. The Morgan fingerprint density at radius 1 is 1.31 bits per heavy atom. The van der Waals surface area contributed by atoms with E-state index in [9.17, 15) is 0 Å². The second kappa shape index (κ2) is 3.90.